The molecule has 4 nitrogen and oxygen atoms in total. The second-order valence-electron chi connectivity index (χ2n) is 5.75. The third kappa shape index (κ3) is 2.35. The zero-order valence-electron chi connectivity index (χ0n) is 13.1. The SMILES string of the molecule is CCCC(C)Nc1c2ccccc2nc2c1c(C)nn2C. The average molecular weight is 282 g/mol. The lowest BCUT2D eigenvalue weighted by atomic mass is 10.1. The van der Waals surface area contributed by atoms with Crippen molar-refractivity contribution in [1.82, 2.24) is 14.8 Å². The molecule has 0 aliphatic carbocycles. The highest BCUT2D eigenvalue weighted by Gasteiger charge is 2.16. The van der Waals surface area contributed by atoms with Gasteiger partial charge in [0, 0.05) is 18.5 Å². The number of fused-ring (bicyclic) bond motifs is 2. The van der Waals surface area contributed by atoms with Gasteiger partial charge in [-0.15, -0.1) is 0 Å². The standard InChI is InChI=1S/C17H22N4/c1-5-8-11(2)18-16-13-9-6-7-10-14(13)19-17-15(16)12(3)20-21(17)4/h6-7,9-11H,5,8H2,1-4H3,(H,18,19). The Morgan fingerprint density at radius 1 is 1.29 bits per heavy atom. The van der Waals surface area contributed by atoms with Gasteiger partial charge in [-0.05, 0) is 26.3 Å². The van der Waals surface area contributed by atoms with Gasteiger partial charge < -0.3 is 5.32 Å². The minimum Gasteiger partial charge on any atom is -0.381 e. The number of nitrogens with one attached hydrogen (secondary N) is 1. The highest BCUT2D eigenvalue weighted by Crippen LogP contribution is 2.33. The Balaban J connectivity index is 2.29. The summed E-state index contributed by atoms with van der Waals surface area (Å²) in [6.07, 6.45) is 2.32. The van der Waals surface area contributed by atoms with Crippen LogP contribution in [-0.4, -0.2) is 20.8 Å². The number of hydrogen-bond donors (Lipinski definition) is 1. The molecule has 1 aromatic carbocycles. The van der Waals surface area contributed by atoms with Gasteiger partial charge in [-0.1, -0.05) is 31.5 Å². The van der Waals surface area contributed by atoms with Gasteiger partial charge in [0.1, 0.15) is 0 Å². The summed E-state index contributed by atoms with van der Waals surface area (Å²) >= 11 is 0. The van der Waals surface area contributed by atoms with Gasteiger partial charge in [0.15, 0.2) is 5.65 Å². The van der Waals surface area contributed by atoms with E-state index in [1.807, 2.05) is 17.8 Å². The van der Waals surface area contributed by atoms with E-state index >= 15 is 0 Å². The fraction of sp³-hybridized carbons (Fsp3) is 0.412. The predicted octanol–water partition coefficient (Wildman–Crippen LogP) is 4.03. The molecule has 1 N–H and O–H groups in total. The largest absolute Gasteiger partial charge is 0.381 e. The predicted molar refractivity (Wildman–Crippen MR) is 88.7 cm³/mol. The summed E-state index contributed by atoms with van der Waals surface area (Å²) in [6.45, 7) is 6.50. The minimum absolute atomic E-state index is 0.434. The number of aryl methyl sites for hydroxylation is 2. The molecule has 110 valence electrons. The fourth-order valence-electron chi connectivity index (χ4n) is 3.00. The quantitative estimate of drug-likeness (QED) is 0.785. The van der Waals surface area contributed by atoms with Crippen molar-refractivity contribution in [1.29, 1.82) is 0 Å². The maximum atomic E-state index is 4.77. The van der Waals surface area contributed by atoms with Crippen LogP contribution in [0.5, 0.6) is 0 Å². The molecule has 0 saturated carbocycles. The molecule has 0 saturated heterocycles. The van der Waals surface area contributed by atoms with Crippen LogP contribution in [0.15, 0.2) is 24.3 Å². The van der Waals surface area contributed by atoms with E-state index in [0.29, 0.717) is 6.04 Å². The maximum Gasteiger partial charge on any atom is 0.160 e. The first-order valence-corrected chi connectivity index (χ1v) is 7.60. The molecule has 1 atom stereocenters. The molecule has 1 unspecified atom stereocenters. The van der Waals surface area contributed by atoms with E-state index < -0.39 is 0 Å². The van der Waals surface area contributed by atoms with Crippen LogP contribution in [0, 0.1) is 6.92 Å². The lowest BCUT2D eigenvalue weighted by Gasteiger charge is -2.17. The average Bonchev–Trinajstić information content (AvgIpc) is 2.74. The number of nitrogens with zero attached hydrogens (tertiary/aromatic N) is 3. The van der Waals surface area contributed by atoms with E-state index in [0.717, 1.165) is 28.7 Å². The van der Waals surface area contributed by atoms with Crippen LogP contribution in [0.1, 0.15) is 32.4 Å². The van der Waals surface area contributed by atoms with Crippen molar-refractivity contribution >= 4 is 27.6 Å². The molecule has 3 aromatic rings. The van der Waals surface area contributed by atoms with E-state index in [1.165, 1.54) is 17.5 Å². The molecule has 0 bridgehead atoms. The van der Waals surface area contributed by atoms with Gasteiger partial charge in [0.2, 0.25) is 0 Å². The van der Waals surface area contributed by atoms with Crippen LogP contribution in [0.25, 0.3) is 21.9 Å². The Bertz CT molecular complexity index is 788. The molecule has 3 rings (SSSR count). The lowest BCUT2D eigenvalue weighted by Crippen LogP contribution is -2.15. The monoisotopic (exact) mass is 282 g/mol. The van der Waals surface area contributed by atoms with E-state index in [4.69, 9.17) is 4.98 Å². The fourth-order valence-corrected chi connectivity index (χ4v) is 3.00. The van der Waals surface area contributed by atoms with E-state index in [2.05, 4.69) is 49.4 Å². The van der Waals surface area contributed by atoms with Crippen LogP contribution in [0.4, 0.5) is 5.69 Å². The summed E-state index contributed by atoms with van der Waals surface area (Å²) in [5.41, 5.74) is 4.15. The molecular weight excluding hydrogens is 260 g/mol. The number of rotatable bonds is 4. The van der Waals surface area contributed by atoms with Gasteiger partial charge in [-0.3, -0.25) is 4.68 Å². The van der Waals surface area contributed by atoms with Crippen molar-refractivity contribution in [3.63, 3.8) is 0 Å². The van der Waals surface area contributed by atoms with E-state index in [9.17, 15) is 0 Å². The molecule has 0 radical (unpaired) electrons. The Hall–Kier alpha value is -2.10. The number of aromatic nitrogens is 3. The van der Waals surface area contributed by atoms with Gasteiger partial charge in [0.25, 0.3) is 0 Å². The van der Waals surface area contributed by atoms with Crippen molar-refractivity contribution in [2.75, 3.05) is 5.32 Å². The Morgan fingerprint density at radius 2 is 2.05 bits per heavy atom. The zero-order chi connectivity index (χ0) is 15.0. The second-order valence-corrected chi connectivity index (χ2v) is 5.75. The molecule has 0 fully saturated rings. The van der Waals surface area contributed by atoms with E-state index in [-0.39, 0.29) is 0 Å². The Kier molecular flexibility index (Phi) is 3.53. The maximum absolute atomic E-state index is 4.77. The summed E-state index contributed by atoms with van der Waals surface area (Å²) in [5, 5.41) is 10.5. The topological polar surface area (TPSA) is 42.7 Å². The Morgan fingerprint density at radius 3 is 2.81 bits per heavy atom. The summed E-state index contributed by atoms with van der Waals surface area (Å²) in [6, 6.07) is 8.73. The third-order valence-corrected chi connectivity index (χ3v) is 3.95. The summed E-state index contributed by atoms with van der Waals surface area (Å²) < 4.78 is 1.87. The second kappa shape index (κ2) is 5.35. The number of hydrogen-bond acceptors (Lipinski definition) is 3. The first-order chi connectivity index (χ1) is 10.1. The number of para-hydroxylation sites is 1. The molecule has 0 spiro atoms. The highest BCUT2D eigenvalue weighted by atomic mass is 15.3. The number of anilines is 1. The number of pyridine rings is 1. The Labute approximate surface area is 125 Å². The summed E-state index contributed by atoms with van der Waals surface area (Å²) in [5.74, 6) is 0. The third-order valence-electron chi connectivity index (χ3n) is 3.95. The van der Waals surface area contributed by atoms with Crippen LogP contribution < -0.4 is 5.32 Å². The van der Waals surface area contributed by atoms with Crippen molar-refractivity contribution in [2.24, 2.45) is 7.05 Å². The van der Waals surface area contributed by atoms with Crippen LogP contribution in [0.2, 0.25) is 0 Å². The number of benzene rings is 1. The zero-order valence-corrected chi connectivity index (χ0v) is 13.1. The summed E-state index contributed by atoms with van der Waals surface area (Å²) in [7, 11) is 1.95. The van der Waals surface area contributed by atoms with Gasteiger partial charge >= 0.3 is 0 Å². The molecule has 0 amide bonds. The first-order valence-electron chi connectivity index (χ1n) is 7.60. The van der Waals surface area contributed by atoms with Crippen LogP contribution in [-0.2, 0) is 7.05 Å². The lowest BCUT2D eigenvalue weighted by molar-refractivity contribution is 0.692. The molecular formula is C17H22N4. The van der Waals surface area contributed by atoms with Crippen molar-refractivity contribution in [3.05, 3.63) is 30.0 Å². The van der Waals surface area contributed by atoms with Crippen LogP contribution >= 0.6 is 0 Å². The van der Waals surface area contributed by atoms with Crippen molar-refractivity contribution < 1.29 is 0 Å². The minimum atomic E-state index is 0.434. The first kappa shape index (κ1) is 13.9. The molecule has 0 aliphatic heterocycles. The van der Waals surface area contributed by atoms with Gasteiger partial charge in [-0.25, -0.2) is 4.98 Å². The van der Waals surface area contributed by atoms with Gasteiger partial charge in [-0.2, -0.15) is 5.10 Å². The van der Waals surface area contributed by atoms with Crippen molar-refractivity contribution in [3.8, 4) is 0 Å². The molecule has 21 heavy (non-hydrogen) atoms. The smallest absolute Gasteiger partial charge is 0.160 e. The normalized spacial score (nSPS) is 13.0. The van der Waals surface area contributed by atoms with E-state index in [1.54, 1.807) is 0 Å². The molecule has 2 aromatic heterocycles. The van der Waals surface area contributed by atoms with Crippen molar-refractivity contribution in [2.45, 2.75) is 39.7 Å². The van der Waals surface area contributed by atoms with Crippen LogP contribution in [0.3, 0.4) is 0 Å². The molecule has 2 heterocycles. The van der Waals surface area contributed by atoms with Gasteiger partial charge in [0.05, 0.1) is 22.3 Å². The highest BCUT2D eigenvalue weighted by molar-refractivity contribution is 6.07. The molecule has 0 aliphatic rings. The molecule has 4 heteroatoms. The summed E-state index contributed by atoms with van der Waals surface area (Å²) in [4.78, 5) is 4.77.